The Balaban J connectivity index is 2.76. The molecular weight excluding hydrogens is 164 g/mol. The molecule has 1 fully saturated rings. The summed E-state index contributed by atoms with van der Waals surface area (Å²) in [4.78, 5) is 2.25. The highest BCUT2D eigenvalue weighted by Gasteiger charge is 2.41. The zero-order chi connectivity index (χ0) is 10.1. The van der Waals surface area contributed by atoms with Gasteiger partial charge in [0.2, 0.25) is 0 Å². The van der Waals surface area contributed by atoms with E-state index >= 15 is 0 Å². The summed E-state index contributed by atoms with van der Waals surface area (Å²) in [6.45, 7) is 5.81. The van der Waals surface area contributed by atoms with Gasteiger partial charge in [-0.15, -0.1) is 0 Å². The molecule has 3 heteroatoms. The summed E-state index contributed by atoms with van der Waals surface area (Å²) in [6.07, 6.45) is 2.06. The molecule has 78 valence electrons. The predicted octanol–water partition coefficient (Wildman–Crippen LogP) is 0.834. The van der Waals surface area contributed by atoms with Crippen LogP contribution in [0.15, 0.2) is 0 Å². The van der Waals surface area contributed by atoms with Gasteiger partial charge in [0.1, 0.15) is 0 Å². The van der Waals surface area contributed by atoms with Crippen molar-refractivity contribution in [1.82, 2.24) is 4.90 Å². The monoisotopic (exact) mass is 186 g/mol. The van der Waals surface area contributed by atoms with E-state index in [1.165, 1.54) is 0 Å². The van der Waals surface area contributed by atoms with Crippen molar-refractivity contribution in [2.45, 2.75) is 37.8 Å². The van der Waals surface area contributed by atoms with Gasteiger partial charge in [-0.1, -0.05) is 0 Å². The Morgan fingerprint density at radius 3 is 2.31 bits per heavy atom. The van der Waals surface area contributed by atoms with Crippen LogP contribution in [0.5, 0.6) is 0 Å². The second kappa shape index (κ2) is 3.56. The van der Waals surface area contributed by atoms with Gasteiger partial charge < -0.3 is 15.4 Å². The molecule has 1 heterocycles. The Morgan fingerprint density at radius 1 is 1.38 bits per heavy atom. The van der Waals surface area contributed by atoms with Crippen LogP contribution < -0.4 is 5.73 Å². The maximum absolute atomic E-state index is 5.86. The van der Waals surface area contributed by atoms with Gasteiger partial charge in [0, 0.05) is 18.7 Å². The van der Waals surface area contributed by atoms with Gasteiger partial charge in [0.05, 0.1) is 5.60 Å². The molecule has 1 saturated heterocycles. The van der Waals surface area contributed by atoms with Crippen molar-refractivity contribution in [2.24, 2.45) is 5.73 Å². The van der Waals surface area contributed by atoms with Crippen molar-refractivity contribution < 1.29 is 4.74 Å². The van der Waals surface area contributed by atoms with E-state index in [9.17, 15) is 0 Å². The number of hydrogen-bond acceptors (Lipinski definition) is 3. The van der Waals surface area contributed by atoms with Gasteiger partial charge in [-0.25, -0.2) is 0 Å². The van der Waals surface area contributed by atoms with Crippen LogP contribution in [0.4, 0.5) is 0 Å². The van der Waals surface area contributed by atoms with Crippen molar-refractivity contribution >= 4 is 0 Å². The van der Waals surface area contributed by atoms with Crippen molar-refractivity contribution in [3.63, 3.8) is 0 Å². The van der Waals surface area contributed by atoms with Crippen LogP contribution in [0.25, 0.3) is 0 Å². The summed E-state index contributed by atoms with van der Waals surface area (Å²) in [5.74, 6) is 0. The fourth-order valence-corrected chi connectivity index (χ4v) is 2.19. The first kappa shape index (κ1) is 11.0. The summed E-state index contributed by atoms with van der Waals surface area (Å²) in [7, 11) is 4.21. The first-order valence-corrected chi connectivity index (χ1v) is 4.93. The van der Waals surface area contributed by atoms with Crippen LogP contribution >= 0.6 is 0 Å². The lowest BCUT2D eigenvalue weighted by Crippen LogP contribution is -2.58. The minimum Gasteiger partial charge on any atom is -0.375 e. The van der Waals surface area contributed by atoms with E-state index in [0.29, 0.717) is 6.54 Å². The van der Waals surface area contributed by atoms with E-state index < -0.39 is 0 Å². The molecule has 1 aliphatic rings. The molecule has 2 N–H and O–H groups in total. The van der Waals surface area contributed by atoms with Crippen LogP contribution in [0.3, 0.4) is 0 Å². The number of nitrogens with zero attached hydrogens (tertiary/aromatic N) is 1. The second-order valence-electron chi connectivity index (χ2n) is 4.86. The van der Waals surface area contributed by atoms with E-state index in [2.05, 4.69) is 32.8 Å². The molecule has 0 aliphatic carbocycles. The van der Waals surface area contributed by atoms with Gasteiger partial charge in [-0.05, 0) is 40.8 Å². The van der Waals surface area contributed by atoms with E-state index in [1.807, 2.05) is 0 Å². The van der Waals surface area contributed by atoms with Crippen molar-refractivity contribution in [3.8, 4) is 0 Å². The lowest BCUT2D eigenvalue weighted by molar-refractivity contribution is -0.108. The highest BCUT2D eigenvalue weighted by Crippen LogP contribution is 2.34. The Morgan fingerprint density at radius 2 is 2.00 bits per heavy atom. The molecule has 1 rings (SSSR count). The Kier molecular flexibility index (Phi) is 3.00. The lowest BCUT2D eigenvalue weighted by atomic mass is 9.80. The number of hydrogen-bond donors (Lipinski definition) is 1. The average molecular weight is 186 g/mol. The molecule has 1 aliphatic heterocycles. The zero-order valence-corrected chi connectivity index (χ0v) is 9.26. The Hall–Kier alpha value is -0.120. The Labute approximate surface area is 81.2 Å². The maximum Gasteiger partial charge on any atom is 0.0644 e. The number of nitrogens with two attached hydrogens (primary N) is 1. The first-order chi connectivity index (χ1) is 5.92. The summed E-state index contributed by atoms with van der Waals surface area (Å²) in [5.41, 5.74) is 5.98. The van der Waals surface area contributed by atoms with Crippen molar-refractivity contribution in [2.75, 3.05) is 27.2 Å². The molecule has 0 saturated carbocycles. The molecule has 0 amide bonds. The van der Waals surface area contributed by atoms with Crippen molar-refractivity contribution in [3.05, 3.63) is 0 Å². The molecule has 13 heavy (non-hydrogen) atoms. The lowest BCUT2D eigenvalue weighted by Gasteiger charge is -2.48. The summed E-state index contributed by atoms with van der Waals surface area (Å²) in [5, 5.41) is 0. The smallest absolute Gasteiger partial charge is 0.0644 e. The van der Waals surface area contributed by atoms with Crippen molar-refractivity contribution in [1.29, 1.82) is 0 Å². The molecule has 0 bridgehead atoms. The maximum atomic E-state index is 5.86. The second-order valence-corrected chi connectivity index (χ2v) is 4.86. The SMILES string of the molecule is CN(C)C1(CN)CCOC(C)(C)C1. The molecule has 0 aromatic carbocycles. The fourth-order valence-electron chi connectivity index (χ4n) is 2.19. The molecule has 0 radical (unpaired) electrons. The number of ether oxygens (including phenoxy) is 1. The van der Waals surface area contributed by atoms with Gasteiger partial charge in [0.25, 0.3) is 0 Å². The highest BCUT2D eigenvalue weighted by atomic mass is 16.5. The van der Waals surface area contributed by atoms with Gasteiger partial charge in [-0.2, -0.15) is 0 Å². The third kappa shape index (κ3) is 2.22. The van der Waals surface area contributed by atoms with E-state index in [4.69, 9.17) is 10.5 Å². The minimum absolute atomic E-state index is 0.0259. The highest BCUT2D eigenvalue weighted by molar-refractivity contribution is 4.97. The Bertz CT molecular complexity index is 180. The minimum atomic E-state index is -0.0259. The third-order valence-electron chi connectivity index (χ3n) is 3.14. The van der Waals surface area contributed by atoms with Gasteiger partial charge in [0.15, 0.2) is 0 Å². The summed E-state index contributed by atoms with van der Waals surface area (Å²) >= 11 is 0. The summed E-state index contributed by atoms with van der Waals surface area (Å²) in [6, 6.07) is 0. The molecule has 0 spiro atoms. The molecule has 1 unspecified atom stereocenters. The largest absolute Gasteiger partial charge is 0.375 e. The van der Waals surface area contributed by atoms with E-state index in [0.717, 1.165) is 19.4 Å². The molecular formula is C10H22N2O. The molecule has 3 nitrogen and oxygen atoms in total. The molecule has 0 aromatic heterocycles. The fraction of sp³-hybridized carbons (Fsp3) is 1.00. The predicted molar refractivity (Wildman–Crippen MR) is 54.7 cm³/mol. The van der Waals surface area contributed by atoms with Crippen LogP contribution in [-0.2, 0) is 4.74 Å². The average Bonchev–Trinajstić information content (AvgIpc) is 2.02. The number of rotatable bonds is 2. The van der Waals surface area contributed by atoms with Gasteiger partial charge >= 0.3 is 0 Å². The summed E-state index contributed by atoms with van der Waals surface area (Å²) < 4.78 is 5.69. The first-order valence-electron chi connectivity index (χ1n) is 4.93. The quantitative estimate of drug-likeness (QED) is 0.694. The zero-order valence-electron chi connectivity index (χ0n) is 9.26. The third-order valence-corrected chi connectivity index (χ3v) is 3.14. The standard InChI is InChI=1S/C10H22N2O/c1-9(2)7-10(8-11,12(3)4)5-6-13-9/h5-8,11H2,1-4H3. The van der Waals surface area contributed by atoms with Crippen LogP contribution in [0.2, 0.25) is 0 Å². The van der Waals surface area contributed by atoms with E-state index in [1.54, 1.807) is 0 Å². The van der Waals surface area contributed by atoms with Crippen LogP contribution in [0, 0.1) is 0 Å². The molecule has 0 aromatic rings. The van der Waals surface area contributed by atoms with Gasteiger partial charge in [-0.3, -0.25) is 0 Å². The van der Waals surface area contributed by atoms with Crippen LogP contribution in [0.1, 0.15) is 26.7 Å². The number of likely N-dealkylation sites (N-methyl/N-ethyl adjacent to an activating group) is 1. The normalized spacial score (nSPS) is 33.7. The van der Waals surface area contributed by atoms with E-state index in [-0.39, 0.29) is 11.1 Å². The molecule has 1 atom stereocenters. The van der Waals surface area contributed by atoms with Crippen LogP contribution in [-0.4, -0.2) is 43.3 Å². The topological polar surface area (TPSA) is 38.5 Å².